The maximum absolute atomic E-state index is 12.1. The number of anilines is 1. The fourth-order valence-corrected chi connectivity index (χ4v) is 1.95. The molecule has 1 aromatic rings. The smallest absolute Gasteiger partial charge is 0.321 e. The summed E-state index contributed by atoms with van der Waals surface area (Å²) in [6.45, 7) is 4.12. The Hall–Kier alpha value is -1.55. The van der Waals surface area contributed by atoms with Crippen molar-refractivity contribution in [2.45, 2.75) is 26.3 Å². The molecule has 2 rings (SSSR count). The predicted octanol–water partition coefficient (Wildman–Crippen LogP) is 2.41. The highest BCUT2D eigenvalue weighted by molar-refractivity contribution is 5.89. The summed E-state index contributed by atoms with van der Waals surface area (Å²) in [6.07, 6.45) is 2.51. The first kappa shape index (κ1) is 12.9. The molecule has 1 saturated carbocycles. The van der Waals surface area contributed by atoms with Crippen LogP contribution in [0.25, 0.3) is 0 Å². The van der Waals surface area contributed by atoms with Crippen molar-refractivity contribution in [1.29, 1.82) is 0 Å². The first-order chi connectivity index (χ1) is 8.72. The fourth-order valence-electron chi connectivity index (χ4n) is 1.95. The zero-order valence-electron chi connectivity index (χ0n) is 10.9. The predicted molar refractivity (Wildman–Crippen MR) is 73.3 cm³/mol. The molecule has 4 heteroatoms. The van der Waals surface area contributed by atoms with E-state index in [1.165, 1.54) is 12.8 Å². The molecule has 1 aliphatic carbocycles. The van der Waals surface area contributed by atoms with Gasteiger partial charge in [-0.2, -0.15) is 0 Å². The van der Waals surface area contributed by atoms with Gasteiger partial charge in [0.05, 0.1) is 0 Å². The second kappa shape index (κ2) is 5.87. The molecule has 0 unspecified atom stereocenters. The van der Waals surface area contributed by atoms with E-state index in [-0.39, 0.29) is 6.03 Å². The molecule has 2 amide bonds. The molecular formula is C14H21N3O. The van der Waals surface area contributed by atoms with E-state index in [9.17, 15) is 4.79 Å². The SMILES string of the molecule is CCN(CC1CC1)C(=O)Nc1cccc(CN)c1. The number of carbonyl (C=O) groups excluding carboxylic acids is 1. The summed E-state index contributed by atoms with van der Waals surface area (Å²) in [5.74, 6) is 0.714. The summed E-state index contributed by atoms with van der Waals surface area (Å²) < 4.78 is 0. The van der Waals surface area contributed by atoms with Crippen LogP contribution in [0.15, 0.2) is 24.3 Å². The van der Waals surface area contributed by atoms with Gasteiger partial charge in [0.1, 0.15) is 0 Å². The molecule has 0 aromatic heterocycles. The Kier molecular flexibility index (Phi) is 4.20. The zero-order chi connectivity index (χ0) is 13.0. The van der Waals surface area contributed by atoms with Crippen molar-refractivity contribution in [2.24, 2.45) is 11.7 Å². The summed E-state index contributed by atoms with van der Waals surface area (Å²) in [6, 6.07) is 7.66. The van der Waals surface area contributed by atoms with E-state index in [1.54, 1.807) is 0 Å². The largest absolute Gasteiger partial charge is 0.326 e. The average molecular weight is 247 g/mol. The van der Waals surface area contributed by atoms with Crippen LogP contribution in [0.3, 0.4) is 0 Å². The molecule has 0 aliphatic heterocycles. The Morgan fingerprint density at radius 2 is 2.28 bits per heavy atom. The normalized spacial score (nSPS) is 14.3. The molecule has 98 valence electrons. The topological polar surface area (TPSA) is 58.4 Å². The maximum Gasteiger partial charge on any atom is 0.321 e. The van der Waals surface area contributed by atoms with Crippen LogP contribution in [0.4, 0.5) is 10.5 Å². The number of amides is 2. The van der Waals surface area contributed by atoms with Crippen LogP contribution in [0, 0.1) is 5.92 Å². The minimum absolute atomic E-state index is 0.0152. The molecular weight excluding hydrogens is 226 g/mol. The average Bonchev–Trinajstić information content (AvgIpc) is 3.20. The number of urea groups is 1. The Morgan fingerprint density at radius 1 is 1.50 bits per heavy atom. The minimum Gasteiger partial charge on any atom is -0.326 e. The van der Waals surface area contributed by atoms with Gasteiger partial charge in [-0.05, 0) is 43.4 Å². The number of nitrogens with one attached hydrogen (secondary N) is 1. The van der Waals surface area contributed by atoms with Crippen molar-refractivity contribution in [1.82, 2.24) is 4.90 Å². The lowest BCUT2D eigenvalue weighted by Gasteiger charge is -2.21. The third-order valence-electron chi connectivity index (χ3n) is 3.26. The molecule has 0 atom stereocenters. The first-order valence-corrected chi connectivity index (χ1v) is 6.58. The van der Waals surface area contributed by atoms with Crippen molar-refractivity contribution in [3.05, 3.63) is 29.8 Å². The lowest BCUT2D eigenvalue weighted by Crippen LogP contribution is -2.36. The molecule has 0 heterocycles. The molecule has 18 heavy (non-hydrogen) atoms. The molecule has 3 N–H and O–H groups in total. The summed E-state index contributed by atoms with van der Waals surface area (Å²) in [4.78, 5) is 14.0. The van der Waals surface area contributed by atoms with Crippen LogP contribution in [0.5, 0.6) is 0 Å². The van der Waals surface area contributed by atoms with E-state index in [4.69, 9.17) is 5.73 Å². The Bertz CT molecular complexity index is 415. The third kappa shape index (κ3) is 3.47. The van der Waals surface area contributed by atoms with Crippen molar-refractivity contribution < 1.29 is 4.79 Å². The number of carbonyl (C=O) groups is 1. The highest BCUT2D eigenvalue weighted by atomic mass is 16.2. The van der Waals surface area contributed by atoms with Crippen LogP contribution in [-0.2, 0) is 6.54 Å². The van der Waals surface area contributed by atoms with Gasteiger partial charge in [-0.3, -0.25) is 0 Å². The molecule has 1 aromatic carbocycles. The van der Waals surface area contributed by atoms with Crippen molar-refractivity contribution >= 4 is 11.7 Å². The lowest BCUT2D eigenvalue weighted by atomic mass is 10.2. The number of benzene rings is 1. The van der Waals surface area contributed by atoms with Crippen LogP contribution in [0.2, 0.25) is 0 Å². The number of hydrogen-bond donors (Lipinski definition) is 2. The van der Waals surface area contributed by atoms with Gasteiger partial charge in [-0.25, -0.2) is 4.79 Å². The van der Waals surface area contributed by atoms with Gasteiger partial charge in [0, 0.05) is 25.3 Å². The van der Waals surface area contributed by atoms with E-state index < -0.39 is 0 Å². The van der Waals surface area contributed by atoms with Crippen molar-refractivity contribution in [3.63, 3.8) is 0 Å². The van der Waals surface area contributed by atoms with Gasteiger partial charge in [0.2, 0.25) is 0 Å². The van der Waals surface area contributed by atoms with Crippen LogP contribution in [0.1, 0.15) is 25.3 Å². The molecule has 0 spiro atoms. The summed E-state index contributed by atoms with van der Waals surface area (Å²) in [7, 11) is 0. The monoisotopic (exact) mass is 247 g/mol. The molecule has 0 radical (unpaired) electrons. The van der Waals surface area contributed by atoms with Crippen LogP contribution >= 0.6 is 0 Å². The molecule has 0 bridgehead atoms. The summed E-state index contributed by atoms with van der Waals surface area (Å²) in [5, 5.41) is 2.93. The quantitative estimate of drug-likeness (QED) is 0.839. The summed E-state index contributed by atoms with van der Waals surface area (Å²) >= 11 is 0. The molecule has 0 saturated heterocycles. The number of hydrogen-bond acceptors (Lipinski definition) is 2. The molecule has 1 aliphatic rings. The maximum atomic E-state index is 12.1. The number of rotatable bonds is 5. The Labute approximate surface area is 108 Å². The Morgan fingerprint density at radius 3 is 2.89 bits per heavy atom. The van der Waals surface area contributed by atoms with E-state index >= 15 is 0 Å². The standard InChI is InChI=1S/C14H21N3O/c1-2-17(10-11-6-7-11)14(18)16-13-5-3-4-12(8-13)9-15/h3-5,8,11H,2,6-7,9-10,15H2,1H3,(H,16,18). The van der Waals surface area contributed by atoms with Crippen molar-refractivity contribution in [2.75, 3.05) is 18.4 Å². The minimum atomic E-state index is -0.0152. The molecule has 4 nitrogen and oxygen atoms in total. The van der Waals surface area contributed by atoms with Crippen LogP contribution < -0.4 is 11.1 Å². The van der Waals surface area contributed by atoms with Gasteiger partial charge >= 0.3 is 6.03 Å². The number of nitrogens with zero attached hydrogens (tertiary/aromatic N) is 1. The van der Waals surface area contributed by atoms with Crippen molar-refractivity contribution in [3.8, 4) is 0 Å². The lowest BCUT2D eigenvalue weighted by molar-refractivity contribution is 0.212. The van der Waals surface area contributed by atoms with Gasteiger partial charge in [0.15, 0.2) is 0 Å². The zero-order valence-corrected chi connectivity index (χ0v) is 10.9. The molecule has 1 fully saturated rings. The number of nitrogens with two attached hydrogens (primary N) is 1. The van der Waals surface area contributed by atoms with E-state index in [0.29, 0.717) is 12.5 Å². The Balaban J connectivity index is 1.95. The summed E-state index contributed by atoms with van der Waals surface area (Å²) in [5.41, 5.74) is 7.43. The fraction of sp³-hybridized carbons (Fsp3) is 0.500. The van der Waals surface area contributed by atoms with Gasteiger partial charge in [-0.1, -0.05) is 12.1 Å². The van der Waals surface area contributed by atoms with E-state index in [1.807, 2.05) is 36.1 Å². The van der Waals surface area contributed by atoms with Gasteiger partial charge in [-0.15, -0.1) is 0 Å². The van der Waals surface area contributed by atoms with Crippen LogP contribution in [-0.4, -0.2) is 24.0 Å². The third-order valence-corrected chi connectivity index (χ3v) is 3.26. The van der Waals surface area contributed by atoms with E-state index in [0.717, 1.165) is 24.3 Å². The first-order valence-electron chi connectivity index (χ1n) is 6.58. The second-order valence-corrected chi connectivity index (χ2v) is 4.82. The highest BCUT2D eigenvalue weighted by Gasteiger charge is 2.25. The second-order valence-electron chi connectivity index (χ2n) is 4.82. The van der Waals surface area contributed by atoms with E-state index in [2.05, 4.69) is 5.32 Å². The van der Waals surface area contributed by atoms with Gasteiger partial charge < -0.3 is 16.0 Å². The highest BCUT2D eigenvalue weighted by Crippen LogP contribution is 2.29. The van der Waals surface area contributed by atoms with Gasteiger partial charge in [0.25, 0.3) is 0 Å².